The molecule has 122 valence electrons. The molecule has 0 heterocycles. The molecule has 0 spiro atoms. The molecule has 1 amide bonds. The number of carbonyl (C=O) groups is 1. The largest absolute Gasteiger partial charge is 0.444 e. The lowest BCUT2D eigenvalue weighted by atomic mass is 10.2. The second-order valence-corrected chi connectivity index (χ2v) is 12.6. The van der Waals surface area contributed by atoms with Gasteiger partial charge in [-0.3, -0.25) is 0 Å². The van der Waals surface area contributed by atoms with Crippen LogP contribution in [0.25, 0.3) is 6.08 Å². The minimum absolute atomic E-state index is 0.360. The fourth-order valence-corrected chi connectivity index (χ4v) is 3.10. The second kappa shape index (κ2) is 7.63. The molecule has 0 aliphatic heterocycles. The van der Waals surface area contributed by atoms with E-state index in [1.807, 2.05) is 20.8 Å². The monoisotopic (exact) mass is 319 g/mol. The molecule has 0 fully saturated rings. The molecule has 3 nitrogen and oxygen atoms in total. The van der Waals surface area contributed by atoms with E-state index in [1.165, 1.54) is 10.8 Å². The van der Waals surface area contributed by atoms with Crippen molar-refractivity contribution in [2.24, 2.45) is 0 Å². The Bertz CT molecular complexity index is 525. The lowest BCUT2D eigenvalue weighted by molar-refractivity contribution is 0.0529. The van der Waals surface area contributed by atoms with Crippen molar-refractivity contribution >= 4 is 25.4 Å². The van der Waals surface area contributed by atoms with Crippen LogP contribution in [0.3, 0.4) is 0 Å². The highest BCUT2D eigenvalue weighted by Gasteiger charge is 2.16. The normalized spacial score (nSPS) is 12.5. The second-order valence-electron chi connectivity index (χ2n) is 7.50. The lowest BCUT2D eigenvalue weighted by Gasteiger charge is -2.19. The van der Waals surface area contributed by atoms with E-state index in [0.717, 1.165) is 6.42 Å². The number of amides is 1. The third-order valence-corrected chi connectivity index (χ3v) is 5.09. The number of alkyl carbamates (subject to hydrolysis) is 1. The molecule has 1 rings (SSSR count). The smallest absolute Gasteiger partial charge is 0.407 e. The zero-order chi connectivity index (χ0) is 16.8. The van der Waals surface area contributed by atoms with Crippen LogP contribution in [-0.2, 0) is 4.74 Å². The highest BCUT2D eigenvalue weighted by Crippen LogP contribution is 2.08. The van der Waals surface area contributed by atoms with E-state index in [9.17, 15) is 4.79 Å². The number of hydrogen-bond donors (Lipinski definition) is 1. The van der Waals surface area contributed by atoms with Crippen LogP contribution in [0.2, 0.25) is 19.6 Å². The Hall–Kier alpha value is -1.55. The quantitative estimate of drug-likeness (QED) is 0.654. The summed E-state index contributed by atoms with van der Waals surface area (Å²) < 4.78 is 5.19. The van der Waals surface area contributed by atoms with Crippen LogP contribution in [0.1, 0.15) is 32.8 Å². The van der Waals surface area contributed by atoms with Crippen LogP contribution >= 0.6 is 0 Å². The fraction of sp³-hybridized carbons (Fsp3) is 0.500. The number of hydrogen-bond acceptors (Lipinski definition) is 2. The summed E-state index contributed by atoms with van der Waals surface area (Å²) in [5, 5.41) is 4.22. The van der Waals surface area contributed by atoms with E-state index in [1.54, 1.807) is 0 Å². The molecule has 0 saturated heterocycles. The number of carbonyl (C=O) groups excluding carboxylic acids is 1. The van der Waals surface area contributed by atoms with E-state index in [0.29, 0.717) is 6.54 Å². The maximum absolute atomic E-state index is 11.5. The molecule has 0 unspecified atom stereocenters. The summed E-state index contributed by atoms with van der Waals surface area (Å²) in [7, 11) is -1.26. The Morgan fingerprint density at radius 1 is 1.27 bits per heavy atom. The van der Waals surface area contributed by atoms with Crippen molar-refractivity contribution in [1.29, 1.82) is 0 Å². The molecule has 4 heteroatoms. The third kappa shape index (κ3) is 7.45. The van der Waals surface area contributed by atoms with Gasteiger partial charge in [-0.05, 0) is 32.8 Å². The molecule has 0 radical (unpaired) electrons. The number of benzene rings is 1. The van der Waals surface area contributed by atoms with Crippen LogP contribution in [-0.4, -0.2) is 26.3 Å². The predicted octanol–water partition coefficient (Wildman–Crippen LogP) is 4.16. The van der Waals surface area contributed by atoms with Gasteiger partial charge in [-0.15, -0.1) is 0 Å². The number of nitrogens with one attached hydrogen (secondary N) is 1. The highest BCUT2D eigenvalue weighted by molar-refractivity contribution is 6.88. The van der Waals surface area contributed by atoms with Crippen molar-refractivity contribution in [2.75, 3.05) is 6.54 Å². The van der Waals surface area contributed by atoms with Crippen LogP contribution in [0, 0.1) is 0 Å². The molecule has 0 bridgehead atoms. The summed E-state index contributed by atoms with van der Waals surface area (Å²) in [5.41, 5.74) is 0.772. The number of rotatable bonds is 5. The molecule has 0 aliphatic carbocycles. The molecule has 0 aliphatic rings. The first-order chi connectivity index (χ1) is 10.1. The average molecular weight is 320 g/mol. The minimum atomic E-state index is -1.26. The standard InChI is InChI=1S/C18H29NO2Si/c1-18(2,3)21-17(20)19-13-8-7-10-15-11-9-12-16(14-15)22(4,5)6/h7,9-12,14H,8,13H2,1-6H3,(H,19,20). The van der Waals surface area contributed by atoms with Gasteiger partial charge in [0.05, 0.1) is 8.07 Å². The van der Waals surface area contributed by atoms with Crippen molar-refractivity contribution in [3.8, 4) is 0 Å². The SMILES string of the molecule is CC(C)(C)OC(=O)NCCC=Cc1cccc([Si](C)(C)C)c1. The van der Waals surface area contributed by atoms with Crippen molar-refractivity contribution in [2.45, 2.75) is 52.4 Å². The Morgan fingerprint density at radius 3 is 2.55 bits per heavy atom. The van der Waals surface area contributed by atoms with Gasteiger partial charge >= 0.3 is 6.09 Å². The highest BCUT2D eigenvalue weighted by atomic mass is 28.3. The van der Waals surface area contributed by atoms with E-state index >= 15 is 0 Å². The molecule has 1 N–H and O–H groups in total. The Morgan fingerprint density at radius 2 is 1.95 bits per heavy atom. The summed E-state index contributed by atoms with van der Waals surface area (Å²) in [5.74, 6) is 0. The average Bonchev–Trinajstić information content (AvgIpc) is 2.35. The fourth-order valence-electron chi connectivity index (χ4n) is 1.90. The van der Waals surface area contributed by atoms with Crippen molar-refractivity contribution in [3.05, 3.63) is 35.9 Å². The molecular weight excluding hydrogens is 290 g/mol. The maximum Gasteiger partial charge on any atom is 0.407 e. The molecule has 1 aromatic rings. The topological polar surface area (TPSA) is 38.3 Å². The Balaban J connectivity index is 2.42. The summed E-state index contributed by atoms with van der Waals surface area (Å²) >= 11 is 0. The van der Waals surface area contributed by atoms with Crippen molar-refractivity contribution in [3.63, 3.8) is 0 Å². The molecule has 22 heavy (non-hydrogen) atoms. The zero-order valence-electron chi connectivity index (χ0n) is 14.7. The van der Waals surface area contributed by atoms with Gasteiger partial charge in [0.2, 0.25) is 0 Å². The van der Waals surface area contributed by atoms with Crippen LogP contribution in [0.5, 0.6) is 0 Å². The van der Waals surface area contributed by atoms with Crippen molar-refractivity contribution in [1.82, 2.24) is 5.32 Å². The first-order valence-corrected chi connectivity index (χ1v) is 11.3. The van der Waals surface area contributed by atoms with Gasteiger partial charge < -0.3 is 10.1 Å². The minimum Gasteiger partial charge on any atom is -0.444 e. The summed E-state index contributed by atoms with van der Waals surface area (Å²) in [6, 6.07) is 8.71. The van der Waals surface area contributed by atoms with E-state index in [2.05, 4.69) is 61.4 Å². The van der Waals surface area contributed by atoms with Crippen molar-refractivity contribution < 1.29 is 9.53 Å². The molecule has 0 aromatic heterocycles. The Labute approximate surface area is 135 Å². The van der Waals surface area contributed by atoms with E-state index in [4.69, 9.17) is 4.74 Å². The predicted molar refractivity (Wildman–Crippen MR) is 97.3 cm³/mol. The third-order valence-electron chi connectivity index (χ3n) is 3.04. The van der Waals surface area contributed by atoms with Gasteiger partial charge in [-0.1, -0.05) is 61.2 Å². The first kappa shape index (κ1) is 18.5. The zero-order valence-corrected chi connectivity index (χ0v) is 15.7. The summed E-state index contributed by atoms with van der Waals surface area (Å²) in [6.07, 6.45) is 4.62. The van der Waals surface area contributed by atoms with Gasteiger partial charge in [-0.2, -0.15) is 0 Å². The molecule has 0 saturated carbocycles. The van der Waals surface area contributed by atoms with Gasteiger partial charge in [-0.25, -0.2) is 4.79 Å². The van der Waals surface area contributed by atoms with Crippen LogP contribution < -0.4 is 10.5 Å². The van der Waals surface area contributed by atoms with E-state index in [-0.39, 0.29) is 6.09 Å². The van der Waals surface area contributed by atoms with Gasteiger partial charge in [0.15, 0.2) is 0 Å². The number of ether oxygens (including phenoxy) is 1. The molecular formula is C18H29NO2Si. The van der Waals surface area contributed by atoms with Gasteiger partial charge in [0.1, 0.15) is 5.60 Å². The molecule has 1 aromatic carbocycles. The summed E-state index contributed by atoms with van der Waals surface area (Å²) in [6.45, 7) is 13.2. The first-order valence-electron chi connectivity index (χ1n) is 7.82. The van der Waals surface area contributed by atoms with Crippen LogP contribution in [0.4, 0.5) is 4.79 Å². The maximum atomic E-state index is 11.5. The van der Waals surface area contributed by atoms with Gasteiger partial charge in [0, 0.05) is 6.54 Å². The lowest BCUT2D eigenvalue weighted by Crippen LogP contribution is -2.37. The Kier molecular flexibility index (Phi) is 6.42. The van der Waals surface area contributed by atoms with Crippen LogP contribution in [0.15, 0.2) is 30.3 Å². The molecule has 0 atom stereocenters. The van der Waals surface area contributed by atoms with Gasteiger partial charge in [0.25, 0.3) is 0 Å². The van der Waals surface area contributed by atoms with E-state index < -0.39 is 13.7 Å². The summed E-state index contributed by atoms with van der Waals surface area (Å²) in [4.78, 5) is 11.5.